The van der Waals surface area contributed by atoms with E-state index >= 15 is 0 Å². The van der Waals surface area contributed by atoms with Gasteiger partial charge in [-0.05, 0) is 38.3 Å². The lowest BCUT2D eigenvalue weighted by atomic mass is 9.68. The molecule has 2 rings (SSSR count). The average molecular weight is 232 g/mol. The quantitative estimate of drug-likeness (QED) is 0.840. The van der Waals surface area contributed by atoms with Crippen LogP contribution in [-0.2, 0) is 4.79 Å². The van der Waals surface area contributed by atoms with Gasteiger partial charge in [-0.1, -0.05) is 24.1 Å². The Morgan fingerprint density at radius 1 is 1.41 bits per heavy atom. The molecule has 1 aliphatic rings. The van der Waals surface area contributed by atoms with Crippen LogP contribution in [0.5, 0.6) is 0 Å². The number of hydrogen-bond acceptors (Lipinski definition) is 2. The van der Waals surface area contributed by atoms with Crippen LogP contribution in [0.1, 0.15) is 30.4 Å². The van der Waals surface area contributed by atoms with Gasteiger partial charge in [0.25, 0.3) is 0 Å². The zero-order valence-electron chi connectivity index (χ0n) is 10.5. The summed E-state index contributed by atoms with van der Waals surface area (Å²) in [6.45, 7) is 4.51. The van der Waals surface area contributed by atoms with Crippen LogP contribution in [0.3, 0.4) is 0 Å². The van der Waals surface area contributed by atoms with Gasteiger partial charge in [0.15, 0.2) is 0 Å². The van der Waals surface area contributed by atoms with E-state index in [0.717, 1.165) is 30.5 Å². The summed E-state index contributed by atoms with van der Waals surface area (Å²) in [6.07, 6.45) is 2.94. The van der Waals surface area contributed by atoms with E-state index < -0.39 is 0 Å². The fraction of sp³-hybridized carbons (Fsp3) is 0.500. The molecule has 3 N–H and O–H groups in total. The lowest BCUT2D eigenvalue weighted by Gasteiger charge is -2.39. The minimum Gasteiger partial charge on any atom is -0.329 e. The number of amides is 1. The van der Waals surface area contributed by atoms with E-state index in [1.54, 1.807) is 0 Å². The molecule has 3 nitrogen and oxygen atoms in total. The van der Waals surface area contributed by atoms with Gasteiger partial charge in [-0.2, -0.15) is 0 Å². The first-order chi connectivity index (χ1) is 8.07. The van der Waals surface area contributed by atoms with Gasteiger partial charge in [0, 0.05) is 12.2 Å². The minimum absolute atomic E-state index is 0.0817. The number of carbonyl (C=O) groups is 1. The van der Waals surface area contributed by atoms with Crippen LogP contribution in [0.4, 0.5) is 5.69 Å². The van der Waals surface area contributed by atoms with Crippen molar-refractivity contribution >= 4 is 11.6 Å². The van der Waals surface area contributed by atoms with Crippen LogP contribution in [0, 0.1) is 19.3 Å². The summed E-state index contributed by atoms with van der Waals surface area (Å²) in [6, 6.07) is 6.05. The van der Waals surface area contributed by atoms with E-state index in [4.69, 9.17) is 5.73 Å². The number of aryl methyl sites for hydroxylation is 2. The second-order valence-electron chi connectivity index (χ2n) is 5.11. The number of nitrogens with two attached hydrogens (primary N) is 1. The zero-order valence-corrected chi connectivity index (χ0v) is 10.5. The maximum absolute atomic E-state index is 12.2. The first-order valence-electron chi connectivity index (χ1n) is 6.16. The Morgan fingerprint density at radius 3 is 2.59 bits per heavy atom. The van der Waals surface area contributed by atoms with E-state index in [0.29, 0.717) is 6.54 Å². The van der Waals surface area contributed by atoms with Crippen molar-refractivity contribution in [2.75, 3.05) is 11.9 Å². The van der Waals surface area contributed by atoms with Crippen molar-refractivity contribution in [3.63, 3.8) is 0 Å². The third-order valence-electron chi connectivity index (χ3n) is 3.81. The number of benzene rings is 1. The normalized spacial score (nSPS) is 17.4. The average Bonchev–Trinajstić information content (AvgIpc) is 2.21. The highest BCUT2D eigenvalue weighted by Gasteiger charge is 2.42. The van der Waals surface area contributed by atoms with Gasteiger partial charge in [-0.15, -0.1) is 0 Å². The minimum atomic E-state index is -0.308. The second kappa shape index (κ2) is 4.49. The van der Waals surface area contributed by atoms with E-state index in [2.05, 4.69) is 11.4 Å². The molecule has 0 spiro atoms. The monoisotopic (exact) mass is 232 g/mol. The number of anilines is 1. The number of carbonyl (C=O) groups excluding carboxylic acids is 1. The highest BCUT2D eigenvalue weighted by Crippen LogP contribution is 2.41. The fourth-order valence-corrected chi connectivity index (χ4v) is 2.34. The number of hydrogen-bond donors (Lipinski definition) is 2. The lowest BCUT2D eigenvalue weighted by Crippen LogP contribution is -2.47. The SMILES string of the molecule is Cc1ccc(NC(=O)C2(CN)CCC2)c(C)c1. The molecule has 1 aliphatic carbocycles. The van der Waals surface area contributed by atoms with E-state index in [-0.39, 0.29) is 11.3 Å². The molecule has 0 bridgehead atoms. The van der Waals surface area contributed by atoms with Gasteiger partial charge in [0.1, 0.15) is 0 Å². The molecule has 0 unspecified atom stereocenters. The molecule has 1 aromatic rings. The molecule has 0 radical (unpaired) electrons. The van der Waals surface area contributed by atoms with Gasteiger partial charge in [0.05, 0.1) is 5.41 Å². The first kappa shape index (κ1) is 12.1. The molecular formula is C14H20N2O. The molecule has 3 heteroatoms. The molecule has 92 valence electrons. The summed E-state index contributed by atoms with van der Waals surface area (Å²) in [5.41, 5.74) is 8.63. The first-order valence-corrected chi connectivity index (χ1v) is 6.16. The molecule has 1 amide bonds. The topological polar surface area (TPSA) is 55.1 Å². The highest BCUT2D eigenvalue weighted by atomic mass is 16.2. The molecule has 0 aliphatic heterocycles. The van der Waals surface area contributed by atoms with Gasteiger partial charge in [-0.3, -0.25) is 4.79 Å². The standard InChI is InChI=1S/C14H20N2O/c1-10-4-5-12(11(2)8-10)16-13(17)14(9-15)6-3-7-14/h4-5,8H,3,6-7,9,15H2,1-2H3,(H,16,17). The van der Waals surface area contributed by atoms with Crippen molar-refractivity contribution in [3.05, 3.63) is 29.3 Å². The molecule has 1 saturated carbocycles. The second-order valence-corrected chi connectivity index (χ2v) is 5.11. The summed E-state index contributed by atoms with van der Waals surface area (Å²) in [7, 11) is 0. The molecule has 0 saturated heterocycles. The van der Waals surface area contributed by atoms with Crippen LogP contribution in [0.25, 0.3) is 0 Å². The van der Waals surface area contributed by atoms with E-state index in [9.17, 15) is 4.79 Å². The fourth-order valence-electron chi connectivity index (χ4n) is 2.34. The Kier molecular flexibility index (Phi) is 3.20. The van der Waals surface area contributed by atoms with Gasteiger partial charge in [0.2, 0.25) is 5.91 Å². The van der Waals surface area contributed by atoms with E-state index in [1.165, 1.54) is 5.56 Å². The Hall–Kier alpha value is -1.35. The molecule has 17 heavy (non-hydrogen) atoms. The van der Waals surface area contributed by atoms with Crippen molar-refractivity contribution in [2.24, 2.45) is 11.1 Å². The third kappa shape index (κ3) is 2.20. The Balaban J connectivity index is 2.13. The lowest BCUT2D eigenvalue weighted by molar-refractivity contribution is -0.129. The van der Waals surface area contributed by atoms with Crippen LogP contribution in [0.15, 0.2) is 18.2 Å². The van der Waals surface area contributed by atoms with Crippen molar-refractivity contribution < 1.29 is 4.79 Å². The van der Waals surface area contributed by atoms with Crippen molar-refractivity contribution in [3.8, 4) is 0 Å². The number of nitrogens with one attached hydrogen (secondary N) is 1. The predicted molar refractivity (Wildman–Crippen MR) is 69.9 cm³/mol. The summed E-state index contributed by atoms with van der Waals surface area (Å²) >= 11 is 0. The van der Waals surface area contributed by atoms with Crippen LogP contribution in [-0.4, -0.2) is 12.5 Å². The largest absolute Gasteiger partial charge is 0.329 e. The highest BCUT2D eigenvalue weighted by molar-refractivity contribution is 5.96. The molecule has 0 aromatic heterocycles. The molecule has 1 fully saturated rings. The maximum atomic E-state index is 12.2. The smallest absolute Gasteiger partial charge is 0.231 e. The van der Waals surface area contributed by atoms with Crippen LogP contribution >= 0.6 is 0 Å². The van der Waals surface area contributed by atoms with E-state index in [1.807, 2.05) is 26.0 Å². The summed E-state index contributed by atoms with van der Waals surface area (Å²) in [5.74, 6) is 0.0817. The number of rotatable bonds is 3. The van der Waals surface area contributed by atoms with Crippen LogP contribution in [0.2, 0.25) is 0 Å². The van der Waals surface area contributed by atoms with Crippen molar-refractivity contribution in [1.82, 2.24) is 0 Å². The Labute approximate surface area is 102 Å². The maximum Gasteiger partial charge on any atom is 0.231 e. The molecular weight excluding hydrogens is 212 g/mol. The molecule has 0 heterocycles. The van der Waals surface area contributed by atoms with Crippen molar-refractivity contribution in [2.45, 2.75) is 33.1 Å². The van der Waals surface area contributed by atoms with Crippen LogP contribution < -0.4 is 11.1 Å². The summed E-state index contributed by atoms with van der Waals surface area (Å²) < 4.78 is 0. The van der Waals surface area contributed by atoms with Gasteiger partial charge in [-0.25, -0.2) is 0 Å². The Bertz CT molecular complexity index is 430. The molecule has 0 atom stereocenters. The van der Waals surface area contributed by atoms with Crippen molar-refractivity contribution in [1.29, 1.82) is 0 Å². The third-order valence-corrected chi connectivity index (χ3v) is 3.81. The summed E-state index contributed by atoms with van der Waals surface area (Å²) in [4.78, 5) is 12.2. The van der Waals surface area contributed by atoms with Gasteiger partial charge >= 0.3 is 0 Å². The zero-order chi connectivity index (χ0) is 12.5. The van der Waals surface area contributed by atoms with Gasteiger partial charge < -0.3 is 11.1 Å². The summed E-state index contributed by atoms with van der Waals surface area (Å²) in [5, 5.41) is 3.01. The predicted octanol–water partition coefficient (Wildman–Crippen LogP) is 2.37. The molecule has 1 aromatic carbocycles. The Morgan fingerprint density at radius 2 is 2.12 bits per heavy atom.